The average molecular weight is 234 g/mol. The van der Waals surface area contributed by atoms with Gasteiger partial charge in [-0.3, -0.25) is 4.90 Å². The van der Waals surface area contributed by atoms with Crippen LogP contribution in [0.3, 0.4) is 0 Å². The van der Waals surface area contributed by atoms with Gasteiger partial charge in [0.05, 0.1) is 6.17 Å². The zero-order valence-electron chi connectivity index (χ0n) is 10.1. The molecular weight excluding hydrogens is 216 g/mol. The van der Waals surface area contributed by atoms with E-state index in [1.54, 1.807) is 4.90 Å². The lowest BCUT2D eigenvalue weighted by Gasteiger charge is -2.23. The summed E-state index contributed by atoms with van der Waals surface area (Å²) >= 11 is 0. The summed E-state index contributed by atoms with van der Waals surface area (Å²) in [6.45, 7) is 1.12. The van der Waals surface area contributed by atoms with Gasteiger partial charge in [0.15, 0.2) is 0 Å². The van der Waals surface area contributed by atoms with Crippen molar-refractivity contribution in [3.05, 3.63) is 35.9 Å². The fourth-order valence-corrected chi connectivity index (χ4v) is 2.09. The first-order valence-electron chi connectivity index (χ1n) is 5.96. The number of amides is 1. The first-order valence-corrected chi connectivity index (χ1v) is 5.96. The second kappa shape index (κ2) is 5.68. The van der Waals surface area contributed by atoms with Crippen LogP contribution in [-0.2, 0) is 11.3 Å². The smallest absolute Gasteiger partial charge is 0.411 e. The summed E-state index contributed by atoms with van der Waals surface area (Å²) in [6, 6.07) is 9.73. The molecule has 1 aromatic carbocycles. The van der Waals surface area contributed by atoms with E-state index in [2.05, 4.69) is 5.32 Å². The van der Waals surface area contributed by atoms with Gasteiger partial charge < -0.3 is 10.1 Å². The summed E-state index contributed by atoms with van der Waals surface area (Å²) in [5, 5.41) is 3.12. The standard InChI is InChI=1S/C13H18N2O2/c1-14-12-8-5-9-15(12)13(16)17-10-11-6-3-2-4-7-11/h2-4,6-7,12,14H,5,8-10H2,1H3/t12-/m0/s1. The minimum Gasteiger partial charge on any atom is -0.445 e. The van der Waals surface area contributed by atoms with E-state index in [0.29, 0.717) is 6.61 Å². The topological polar surface area (TPSA) is 41.6 Å². The third-order valence-electron chi connectivity index (χ3n) is 3.03. The number of benzene rings is 1. The third kappa shape index (κ3) is 2.97. The number of nitrogens with one attached hydrogen (secondary N) is 1. The van der Waals surface area contributed by atoms with Gasteiger partial charge in [-0.2, -0.15) is 0 Å². The molecule has 0 unspecified atom stereocenters. The Hall–Kier alpha value is -1.55. The molecule has 1 aliphatic rings. The van der Waals surface area contributed by atoms with E-state index in [4.69, 9.17) is 4.74 Å². The lowest BCUT2D eigenvalue weighted by Crippen LogP contribution is -2.43. The molecule has 0 aromatic heterocycles. The number of nitrogens with zero attached hydrogens (tertiary/aromatic N) is 1. The van der Waals surface area contributed by atoms with Gasteiger partial charge in [-0.25, -0.2) is 4.79 Å². The van der Waals surface area contributed by atoms with Gasteiger partial charge in [-0.05, 0) is 25.5 Å². The first-order chi connectivity index (χ1) is 8.31. The minimum absolute atomic E-state index is 0.123. The Kier molecular flexibility index (Phi) is 3.98. The molecule has 4 nitrogen and oxygen atoms in total. The number of rotatable bonds is 3. The summed E-state index contributed by atoms with van der Waals surface area (Å²) in [5.74, 6) is 0. The fourth-order valence-electron chi connectivity index (χ4n) is 2.09. The van der Waals surface area contributed by atoms with Crippen LogP contribution in [0.15, 0.2) is 30.3 Å². The molecule has 1 amide bonds. The monoisotopic (exact) mass is 234 g/mol. The van der Waals surface area contributed by atoms with E-state index in [-0.39, 0.29) is 12.3 Å². The van der Waals surface area contributed by atoms with Crippen molar-refractivity contribution in [3.8, 4) is 0 Å². The number of likely N-dealkylation sites (tertiary alicyclic amines) is 1. The van der Waals surface area contributed by atoms with Crippen LogP contribution in [0.25, 0.3) is 0 Å². The highest BCUT2D eigenvalue weighted by atomic mass is 16.6. The summed E-state index contributed by atoms with van der Waals surface area (Å²) in [6.07, 6.45) is 1.92. The molecule has 1 heterocycles. The molecule has 0 aliphatic carbocycles. The molecule has 0 saturated carbocycles. The van der Waals surface area contributed by atoms with Crippen LogP contribution in [0.4, 0.5) is 4.79 Å². The van der Waals surface area contributed by atoms with Crippen molar-refractivity contribution in [3.63, 3.8) is 0 Å². The molecular formula is C13H18N2O2. The lowest BCUT2D eigenvalue weighted by atomic mass is 10.2. The molecule has 1 N–H and O–H groups in total. The summed E-state index contributed by atoms with van der Waals surface area (Å²) in [5.41, 5.74) is 1.01. The number of carbonyl (C=O) groups is 1. The summed E-state index contributed by atoms with van der Waals surface area (Å²) < 4.78 is 5.29. The molecule has 2 rings (SSSR count). The highest BCUT2D eigenvalue weighted by Crippen LogP contribution is 2.16. The number of carbonyl (C=O) groups excluding carboxylic acids is 1. The van der Waals surface area contributed by atoms with Crippen LogP contribution in [0.2, 0.25) is 0 Å². The Morgan fingerprint density at radius 2 is 2.24 bits per heavy atom. The van der Waals surface area contributed by atoms with E-state index < -0.39 is 0 Å². The quantitative estimate of drug-likeness (QED) is 0.869. The molecule has 0 bridgehead atoms. The van der Waals surface area contributed by atoms with Crippen molar-refractivity contribution in [2.45, 2.75) is 25.6 Å². The highest BCUT2D eigenvalue weighted by molar-refractivity contribution is 5.68. The Balaban J connectivity index is 1.85. The van der Waals surface area contributed by atoms with Crippen molar-refractivity contribution in [1.82, 2.24) is 10.2 Å². The molecule has 1 aromatic rings. The largest absolute Gasteiger partial charge is 0.445 e. The second-order valence-electron chi connectivity index (χ2n) is 4.18. The zero-order valence-corrected chi connectivity index (χ0v) is 10.1. The van der Waals surface area contributed by atoms with E-state index in [9.17, 15) is 4.79 Å². The Labute approximate surface area is 102 Å². The van der Waals surface area contributed by atoms with Crippen LogP contribution < -0.4 is 5.32 Å². The minimum atomic E-state index is -0.231. The van der Waals surface area contributed by atoms with Crippen molar-refractivity contribution in [2.75, 3.05) is 13.6 Å². The molecule has 1 aliphatic heterocycles. The van der Waals surface area contributed by atoms with Crippen LogP contribution in [0.5, 0.6) is 0 Å². The molecule has 1 fully saturated rings. The number of hydrogen-bond acceptors (Lipinski definition) is 3. The Morgan fingerprint density at radius 3 is 2.94 bits per heavy atom. The molecule has 4 heteroatoms. The fraction of sp³-hybridized carbons (Fsp3) is 0.462. The van der Waals surface area contributed by atoms with Gasteiger partial charge in [-0.1, -0.05) is 30.3 Å². The molecule has 1 saturated heterocycles. The van der Waals surface area contributed by atoms with Gasteiger partial charge in [0.1, 0.15) is 6.61 Å². The molecule has 1 atom stereocenters. The van der Waals surface area contributed by atoms with Crippen LogP contribution in [0.1, 0.15) is 18.4 Å². The summed E-state index contributed by atoms with van der Waals surface area (Å²) in [7, 11) is 1.87. The normalized spacial score (nSPS) is 19.4. The SMILES string of the molecule is CN[C@@H]1CCCN1C(=O)OCc1ccccc1. The van der Waals surface area contributed by atoms with Crippen LogP contribution in [-0.4, -0.2) is 30.8 Å². The zero-order chi connectivity index (χ0) is 12.1. The lowest BCUT2D eigenvalue weighted by molar-refractivity contribution is 0.0882. The Bertz CT molecular complexity index is 367. The van der Waals surface area contributed by atoms with E-state index in [1.807, 2.05) is 37.4 Å². The maximum Gasteiger partial charge on any atom is 0.411 e. The average Bonchev–Trinajstić information content (AvgIpc) is 2.85. The molecule has 17 heavy (non-hydrogen) atoms. The van der Waals surface area contributed by atoms with Gasteiger partial charge in [0, 0.05) is 6.54 Å². The van der Waals surface area contributed by atoms with Crippen molar-refractivity contribution in [1.29, 1.82) is 0 Å². The molecule has 0 spiro atoms. The van der Waals surface area contributed by atoms with Crippen LogP contribution in [0, 0.1) is 0 Å². The van der Waals surface area contributed by atoms with Crippen molar-refractivity contribution in [2.24, 2.45) is 0 Å². The number of ether oxygens (including phenoxy) is 1. The summed E-state index contributed by atoms with van der Waals surface area (Å²) in [4.78, 5) is 13.6. The Morgan fingerprint density at radius 1 is 1.47 bits per heavy atom. The van der Waals surface area contributed by atoms with E-state index in [1.165, 1.54) is 0 Å². The van der Waals surface area contributed by atoms with Crippen molar-refractivity contribution >= 4 is 6.09 Å². The van der Waals surface area contributed by atoms with Gasteiger partial charge in [-0.15, -0.1) is 0 Å². The third-order valence-corrected chi connectivity index (χ3v) is 3.03. The maximum absolute atomic E-state index is 11.9. The van der Waals surface area contributed by atoms with Gasteiger partial charge >= 0.3 is 6.09 Å². The predicted molar refractivity (Wildman–Crippen MR) is 65.4 cm³/mol. The van der Waals surface area contributed by atoms with E-state index >= 15 is 0 Å². The highest BCUT2D eigenvalue weighted by Gasteiger charge is 2.28. The molecule has 92 valence electrons. The van der Waals surface area contributed by atoms with E-state index in [0.717, 1.165) is 24.9 Å². The predicted octanol–water partition coefficient (Wildman–Crippen LogP) is 1.96. The first kappa shape index (κ1) is 11.9. The van der Waals surface area contributed by atoms with Crippen molar-refractivity contribution < 1.29 is 9.53 Å². The maximum atomic E-state index is 11.9. The second-order valence-corrected chi connectivity index (χ2v) is 4.18. The molecule has 0 radical (unpaired) electrons. The number of hydrogen-bond donors (Lipinski definition) is 1. The van der Waals surface area contributed by atoms with Gasteiger partial charge in [0.25, 0.3) is 0 Å². The van der Waals surface area contributed by atoms with Crippen LogP contribution >= 0.6 is 0 Å². The van der Waals surface area contributed by atoms with Gasteiger partial charge in [0.2, 0.25) is 0 Å².